The van der Waals surface area contributed by atoms with E-state index in [9.17, 15) is 19.0 Å². The van der Waals surface area contributed by atoms with E-state index >= 15 is 0 Å². The minimum atomic E-state index is -4.62. The van der Waals surface area contributed by atoms with E-state index in [-0.39, 0.29) is 32.0 Å². The Balaban J connectivity index is 4.27. The first-order valence-corrected chi connectivity index (χ1v) is 25.4. The van der Waals surface area contributed by atoms with Crippen LogP contribution in [0.1, 0.15) is 226 Å². The number of carbonyl (C=O) groups is 2. The fourth-order valence-corrected chi connectivity index (χ4v) is 7.50. The third-order valence-corrected chi connectivity index (χ3v) is 11.5. The maximum absolute atomic E-state index is 12.7. The SMILES string of the molecule is CCCCCCCC/C=C\CCCCCCCC(=O)O[C@H](COC(=O)CCCCCCCCCCCCCCCCCCCC)COP(=O)([O-])OCC[N+](C)(C)C. The minimum absolute atomic E-state index is 0.0292. The number of allylic oxidation sites excluding steroid dienone is 2. The average molecular weight is 830 g/mol. The van der Waals surface area contributed by atoms with Gasteiger partial charge in [-0.25, -0.2) is 0 Å². The summed E-state index contributed by atoms with van der Waals surface area (Å²) in [6, 6.07) is 0. The van der Waals surface area contributed by atoms with Gasteiger partial charge in [0.2, 0.25) is 0 Å². The highest BCUT2D eigenvalue weighted by molar-refractivity contribution is 7.45. The fourth-order valence-electron chi connectivity index (χ4n) is 6.77. The Labute approximate surface area is 352 Å². The highest BCUT2D eigenvalue weighted by Crippen LogP contribution is 2.38. The van der Waals surface area contributed by atoms with Crippen molar-refractivity contribution >= 4 is 19.8 Å². The molecule has 0 rings (SSSR count). The lowest BCUT2D eigenvalue weighted by molar-refractivity contribution is -0.870. The van der Waals surface area contributed by atoms with Gasteiger partial charge in [0.1, 0.15) is 19.8 Å². The van der Waals surface area contributed by atoms with Crippen molar-refractivity contribution in [2.75, 3.05) is 47.5 Å². The lowest BCUT2D eigenvalue weighted by Gasteiger charge is -2.28. The molecule has 0 aromatic rings. The smallest absolute Gasteiger partial charge is 0.306 e. The summed E-state index contributed by atoms with van der Waals surface area (Å²) >= 11 is 0. The zero-order valence-electron chi connectivity index (χ0n) is 38.1. The molecular formula is C47H92NO8P. The van der Waals surface area contributed by atoms with Crippen LogP contribution in [0.25, 0.3) is 0 Å². The van der Waals surface area contributed by atoms with Crippen LogP contribution >= 0.6 is 7.82 Å². The number of hydrogen-bond donors (Lipinski definition) is 0. The van der Waals surface area contributed by atoms with Crippen LogP contribution in [0.15, 0.2) is 12.2 Å². The molecule has 0 radical (unpaired) electrons. The van der Waals surface area contributed by atoms with Gasteiger partial charge < -0.3 is 27.9 Å². The molecule has 0 aromatic carbocycles. The number of quaternary nitrogens is 1. The molecule has 0 aliphatic carbocycles. The number of esters is 2. The van der Waals surface area contributed by atoms with Crippen molar-refractivity contribution in [1.29, 1.82) is 0 Å². The molecule has 9 nitrogen and oxygen atoms in total. The molecule has 0 saturated heterocycles. The third-order valence-electron chi connectivity index (χ3n) is 10.5. The summed E-state index contributed by atoms with van der Waals surface area (Å²) in [5.74, 6) is -0.832. The maximum Gasteiger partial charge on any atom is 0.306 e. The zero-order valence-corrected chi connectivity index (χ0v) is 38.9. The van der Waals surface area contributed by atoms with Crippen molar-refractivity contribution < 1.29 is 42.1 Å². The number of ether oxygens (including phenoxy) is 2. The van der Waals surface area contributed by atoms with Crippen molar-refractivity contribution in [3.05, 3.63) is 12.2 Å². The van der Waals surface area contributed by atoms with Crippen LogP contribution in [0.5, 0.6) is 0 Å². The predicted molar refractivity (Wildman–Crippen MR) is 236 cm³/mol. The molecule has 0 aliphatic rings. The van der Waals surface area contributed by atoms with Gasteiger partial charge in [-0.1, -0.05) is 187 Å². The van der Waals surface area contributed by atoms with Gasteiger partial charge in [-0.05, 0) is 38.5 Å². The zero-order chi connectivity index (χ0) is 42.1. The lowest BCUT2D eigenvalue weighted by Crippen LogP contribution is -2.37. The Hall–Kier alpha value is -1.25. The Morgan fingerprint density at radius 2 is 0.895 bits per heavy atom. The van der Waals surface area contributed by atoms with Gasteiger partial charge in [-0.15, -0.1) is 0 Å². The van der Waals surface area contributed by atoms with Crippen molar-refractivity contribution in [1.82, 2.24) is 0 Å². The molecule has 2 atom stereocenters. The monoisotopic (exact) mass is 830 g/mol. The van der Waals surface area contributed by atoms with Crippen LogP contribution < -0.4 is 4.89 Å². The largest absolute Gasteiger partial charge is 0.756 e. The molecule has 10 heteroatoms. The maximum atomic E-state index is 12.7. The molecule has 0 spiro atoms. The van der Waals surface area contributed by atoms with Crippen molar-refractivity contribution in [2.24, 2.45) is 0 Å². The van der Waals surface area contributed by atoms with Gasteiger partial charge in [0, 0.05) is 12.8 Å². The predicted octanol–water partition coefficient (Wildman–Crippen LogP) is 13.1. The molecule has 0 amide bonds. The van der Waals surface area contributed by atoms with E-state index in [0.717, 1.165) is 51.4 Å². The summed E-state index contributed by atoms with van der Waals surface area (Å²) in [5, 5.41) is 0. The molecule has 0 saturated carbocycles. The summed E-state index contributed by atoms with van der Waals surface area (Å²) in [7, 11) is 1.17. The van der Waals surface area contributed by atoms with Gasteiger partial charge in [-0.3, -0.25) is 14.2 Å². The number of rotatable bonds is 44. The summed E-state index contributed by atoms with van der Waals surface area (Å²) in [6.07, 6.45) is 42.3. The molecule has 338 valence electrons. The summed E-state index contributed by atoms with van der Waals surface area (Å²) in [5.41, 5.74) is 0. The van der Waals surface area contributed by atoms with Crippen LogP contribution in [-0.4, -0.2) is 70.0 Å². The van der Waals surface area contributed by atoms with Crippen LogP contribution in [-0.2, 0) is 32.7 Å². The average Bonchev–Trinajstić information content (AvgIpc) is 3.16. The van der Waals surface area contributed by atoms with Gasteiger partial charge in [0.05, 0.1) is 27.7 Å². The number of phosphoric ester groups is 1. The molecule has 0 heterocycles. The first-order chi connectivity index (χ1) is 27.5. The minimum Gasteiger partial charge on any atom is -0.756 e. The van der Waals surface area contributed by atoms with E-state index in [0.29, 0.717) is 17.4 Å². The van der Waals surface area contributed by atoms with Crippen molar-refractivity contribution in [2.45, 2.75) is 232 Å². The Bertz CT molecular complexity index is 985. The topological polar surface area (TPSA) is 111 Å². The molecular weight excluding hydrogens is 737 g/mol. The molecule has 1 unspecified atom stereocenters. The van der Waals surface area contributed by atoms with Crippen LogP contribution in [0.3, 0.4) is 0 Å². The summed E-state index contributed by atoms with van der Waals surface area (Å²) < 4.78 is 34.0. The fraction of sp³-hybridized carbons (Fsp3) is 0.915. The van der Waals surface area contributed by atoms with E-state index in [1.807, 2.05) is 21.1 Å². The number of hydrogen-bond acceptors (Lipinski definition) is 8. The first kappa shape index (κ1) is 55.8. The Morgan fingerprint density at radius 3 is 1.30 bits per heavy atom. The van der Waals surface area contributed by atoms with E-state index < -0.39 is 26.5 Å². The van der Waals surface area contributed by atoms with Crippen LogP contribution in [0, 0.1) is 0 Å². The number of carbonyl (C=O) groups excluding carboxylic acids is 2. The van der Waals surface area contributed by atoms with Gasteiger partial charge in [0.25, 0.3) is 7.82 Å². The third kappa shape index (κ3) is 44.1. The van der Waals surface area contributed by atoms with Crippen LogP contribution in [0.4, 0.5) is 0 Å². The molecule has 0 aromatic heterocycles. The Kier molecular flexibility index (Phi) is 39.3. The molecule has 57 heavy (non-hydrogen) atoms. The molecule has 0 fully saturated rings. The quantitative estimate of drug-likeness (QED) is 0.0196. The second-order valence-corrected chi connectivity index (χ2v) is 18.9. The highest BCUT2D eigenvalue weighted by Gasteiger charge is 2.21. The summed E-state index contributed by atoms with van der Waals surface area (Å²) in [4.78, 5) is 37.6. The summed E-state index contributed by atoms with van der Waals surface area (Å²) in [6.45, 7) is 4.25. The number of unbranched alkanes of at least 4 members (excludes halogenated alkanes) is 28. The number of nitrogens with zero attached hydrogens (tertiary/aromatic N) is 1. The molecule has 0 N–H and O–H groups in total. The highest BCUT2D eigenvalue weighted by atomic mass is 31.2. The lowest BCUT2D eigenvalue weighted by atomic mass is 10.0. The second-order valence-electron chi connectivity index (χ2n) is 17.5. The number of phosphoric acid groups is 1. The molecule has 0 bridgehead atoms. The standard InChI is InChI=1S/C47H92NO8P/c1-6-8-10-12-14-16-18-20-22-23-24-26-27-29-31-33-35-37-39-46(49)53-43-45(44-55-57(51,52)54-42-41-48(3,4)5)56-47(50)40-38-36-34-32-30-28-25-21-19-17-15-13-11-9-7-2/h21,25,45H,6-20,22-24,26-44H2,1-5H3/b25-21-/t45-/m1/s1. The van der Waals surface area contributed by atoms with Gasteiger partial charge in [-0.2, -0.15) is 0 Å². The number of likely N-dealkylation sites (N-methyl/N-ethyl adjacent to an activating group) is 1. The van der Waals surface area contributed by atoms with Gasteiger partial charge >= 0.3 is 11.9 Å². The van der Waals surface area contributed by atoms with Crippen molar-refractivity contribution in [3.63, 3.8) is 0 Å². The van der Waals surface area contributed by atoms with E-state index in [2.05, 4.69) is 26.0 Å². The van der Waals surface area contributed by atoms with Gasteiger partial charge in [0.15, 0.2) is 6.10 Å². The second kappa shape index (κ2) is 40.2. The first-order valence-electron chi connectivity index (χ1n) is 23.9. The molecule has 0 aliphatic heterocycles. The van der Waals surface area contributed by atoms with Crippen LogP contribution in [0.2, 0.25) is 0 Å². The normalized spacial score (nSPS) is 13.6. The van der Waals surface area contributed by atoms with E-state index in [1.54, 1.807) is 0 Å². The van der Waals surface area contributed by atoms with Crippen molar-refractivity contribution in [3.8, 4) is 0 Å². The van der Waals surface area contributed by atoms with E-state index in [4.69, 9.17) is 18.5 Å². The Morgan fingerprint density at radius 1 is 0.526 bits per heavy atom. The van der Waals surface area contributed by atoms with E-state index in [1.165, 1.54) is 141 Å².